The van der Waals surface area contributed by atoms with Crippen LogP contribution in [0.1, 0.15) is 32.8 Å². The molecule has 0 heterocycles. The molecule has 0 aliphatic rings. The number of hydrogen-bond acceptors (Lipinski definition) is 3. The second-order valence-corrected chi connectivity index (χ2v) is 7.09. The van der Waals surface area contributed by atoms with Gasteiger partial charge in [0.15, 0.2) is 0 Å². The van der Waals surface area contributed by atoms with E-state index < -0.39 is 11.7 Å². The summed E-state index contributed by atoms with van der Waals surface area (Å²) in [6.07, 6.45) is -2.11. The van der Waals surface area contributed by atoms with Crippen LogP contribution in [0.3, 0.4) is 0 Å². The van der Waals surface area contributed by atoms with E-state index in [9.17, 15) is 13.2 Å². The lowest BCUT2D eigenvalue weighted by Gasteiger charge is -2.12. The number of alkyl halides is 3. The highest BCUT2D eigenvalue weighted by atomic mass is 32.2. The van der Waals surface area contributed by atoms with Crippen LogP contribution in [-0.2, 0) is 0 Å². The van der Waals surface area contributed by atoms with E-state index in [-0.39, 0.29) is 5.70 Å². The van der Waals surface area contributed by atoms with Crippen LogP contribution in [-0.4, -0.2) is 17.6 Å². The van der Waals surface area contributed by atoms with E-state index in [0.29, 0.717) is 11.3 Å². The van der Waals surface area contributed by atoms with Gasteiger partial charge in [-0.2, -0.15) is 13.2 Å². The monoisotopic (exact) mass is 385 g/mol. The molecule has 25 heavy (non-hydrogen) atoms. The largest absolute Gasteiger partial charge is 0.416 e. The van der Waals surface area contributed by atoms with Gasteiger partial charge in [-0.1, -0.05) is 44.7 Å². The molecule has 0 aliphatic heterocycles. The summed E-state index contributed by atoms with van der Waals surface area (Å²) in [5.74, 6) is 0.900. The summed E-state index contributed by atoms with van der Waals surface area (Å²) in [6, 6.07) is 7.77. The number of nitrogens with zero attached hydrogens (tertiary/aromatic N) is 1. The predicted molar refractivity (Wildman–Crippen MR) is 106 cm³/mol. The van der Waals surface area contributed by atoms with E-state index in [2.05, 4.69) is 31.1 Å². The van der Waals surface area contributed by atoms with Crippen molar-refractivity contribution in [2.45, 2.75) is 38.3 Å². The van der Waals surface area contributed by atoms with Gasteiger partial charge in [0.25, 0.3) is 0 Å². The number of benzene rings is 1. The molecule has 0 atom stereocenters. The van der Waals surface area contributed by atoms with Gasteiger partial charge in [0, 0.05) is 21.1 Å². The minimum absolute atomic E-state index is 0.184. The molecular formula is C19H22F3NS2. The Morgan fingerprint density at radius 3 is 2.40 bits per heavy atom. The molecule has 1 rings (SSSR count). The molecule has 0 amide bonds. The Morgan fingerprint density at radius 2 is 1.92 bits per heavy atom. The number of thiol groups is 1. The Bertz CT molecular complexity index is 697. The first-order chi connectivity index (χ1) is 11.7. The average Bonchev–Trinajstić information content (AvgIpc) is 2.55. The fraction of sp³-hybridized carbons (Fsp3) is 0.316. The summed E-state index contributed by atoms with van der Waals surface area (Å²) in [4.78, 5) is 5.96. The third kappa shape index (κ3) is 6.44. The number of thioether (sulfide) groups is 1. The van der Waals surface area contributed by atoms with Gasteiger partial charge < -0.3 is 0 Å². The zero-order valence-electron chi connectivity index (χ0n) is 14.5. The van der Waals surface area contributed by atoms with Crippen molar-refractivity contribution in [2.75, 3.05) is 5.75 Å². The summed E-state index contributed by atoms with van der Waals surface area (Å²) in [7, 11) is 0. The van der Waals surface area contributed by atoms with E-state index >= 15 is 0 Å². The molecule has 1 nitrogen and oxygen atoms in total. The Balaban J connectivity index is 3.46. The first kappa shape index (κ1) is 21.6. The number of hydrogen-bond donors (Lipinski definition) is 1. The molecule has 0 saturated heterocycles. The van der Waals surface area contributed by atoms with Crippen molar-refractivity contribution in [2.24, 2.45) is 4.99 Å². The molecule has 0 aliphatic carbocycles. The second kappa shape index (κ2) is 9.92. The fourth-order valence-electron chi connectivity index (χ4n) is 2.08. The van der Waals surface area contributed by atoms with Crippen LogP contribution in [0, 0.1) is 0 Å². The Morgan fingerprint density at radius 1 is 1.28 bits per heavy atom. The predicted octanol–water partition coefficient (Wildman–Crippen LogP) is 6.83. The van der Waals surface area contributed by atoms with E-state index in [0.717, 1.165) is 34.1 Å². The van der Waals surface area contributed by atoms with Crippen molar-refractivity contribution >= 4 is 30.1 Å². The van der Waals surface area contributed by atoms with Crippen molar-refractivity contribution in [1.29, 1.82) is 0 Å². The standard InChI is InChI=1S/C19H22F3NS2/c1-5-14(19(20,21)22)12-17(13(4)24)23-16(6-2)15-10-8-9-11-18(15)25-7-3/h5,8-12,24H,1,6-7H2,2-4H3/b14-12+,17-13-,23-16?. The van der Waals surface area contributed by atoms with Gasteiger partial charge in [0.1, 0.15) is 0 Å². The average molecular weight is 386 g/mol. The molecule has 0 spiro atoms. The maximum absolute atomic E-state index is 13.0. The van der Waals surface area contributed by atoms with Crippen molar-refractivity contribution in [3.63, 3.8) is 0 Å². The molecule has 0 unspecified atom stereocenters. The zero-order valence-corrected chi connectivity index (χ0v) is 16.2. The van der Waals surface area contributed by atoms with Crippen molar-refractivity contribution in [3.8, 4) is 0 Å². The molecule has 0 saturated carbocycles. The van der Waals surface area contributed by atoms with Gasteiger partial charge in [-0.25, -0.2) is 0 Å². The van der Waals surface area contributed by atoms with Crippen LogP contribution in [0.4, 0.5) is 13.2 Å². The van der Waals surface area contributed by atoms with Crippen molar-refractivity contribution in [3.05, 3.63) is 64.7 Å². The van der Waals surface area contributed by atoms with E-state index in [1.54, 1.807) is 18.7 Å². The number of rotatable bonds is 7. The van der Waals surface area contributed by atoms with Gasteiger partial charge in [-0.3, -0.25) is 4.99 Å². The molecule has 1 aromatic carbocycles. The zero-order chi connectivity index (χ0) is 19.0. The summed E-state index contributed by atoms with van der Waals surface area (Å²) in [5, 5.41) is 0. The summed E-state index contributed by atoms with van der Waals surface area (Å²) in [5.41, 5.74) is 1.00. The normalized spacial score (nSPS) is 14.4. The molecular weight excluding hydrogens is 363 g/mol. The molecule has 136 valence electrons. The first-order valence-corrected chi connectivity index (χ1v) is 9.28. The number of aliphatic imine (C=N–C) groups is 1. The van der Waals surface area contributed by atoms with Gasteiger partial charge in [0.05, 0.1) is 11.3 Å². The third-order valence-electron chi connectivity index (χ3n) is 3.30. The molecule has 0 bridgehead atoms. The second-order valence-electron chi connectivity index (χ2n) is 5.11. The van der Waals surface area contributed by atoms with Crippen molar-refractivity contribution < 1.29 is 13.2 Å². The molecule has 0 aromatic heterocycles. The van der Waals surface area contributed by atoms with Crippen LogP contribution in [0.2, 0.25) is 0 Å². The van der Waals surface area contributed by atoms with Gasteiger partial charge in [0.2, 0.25) is 0 Å². The highest BCUT2D eigenvalue weighted by Crippen LogP contribution is 2.30. The fourth-order valence-corrected chi connectivity index (χ4v) is 3.02. The molecule has 0 radical (unpaired) electrons. The quantitative estimate of drug-likeness (QED) is 0.235. The van der Waals surface area contributed by atoms with Crippen LogP contribution >= 0.6 is 24.4 Å². The molecule has 0 N–H and O–H groups in total. The first-order valence-electron chi connectivity index (χ1n) is 7.85. The van der Waals surface area contributed by atoms with Gasteiger partial charge >= 0.3 is 6.18 Å². The smallest absolute Gasteiger partial charge is 0.252 e. The topological polar surface area (TPSA) is 12.4 Å². The maximum atomic E-state index is 13.0. The summed E-state index contributed by atoms with van der Waals surface area (Å²) in [6.45, 7) is 8.85. The molecule has 1 aromatic rings. The van der Waals surface area contributed by atoms with Crippen LogP contribution in [0.25, 0.3) is 0 Å². The highest BCUT2D eigenvalue weighted by molar-refractivity contribution is 7.99. The number of allylic oxidation sites excluding steroid dienone is 4. The Labute approximate surface area is 157 Å². The van der Waals surface area contributed by atoms with E-state index in [4.69, 9.17) is 0 Å². The Hall–Kier alpha value is -1.40. The summed E-state index contributed by atoms with van der Waals surface area (Å²) < 4.78 is 39.0. The SMILES string of the molecule is C=C/C(=C\C(N=C(CC)c1ccccc1SCC)=C(/C)S)C(F)(F)F. The lowest BCUT2D eigenvalue weighted by atomic mass is 10.1. The molecule has 6 heteroatoms. The van der Waals surface area contributed by atoms with E-state index in [1.807, 2.05) is 31.2 Å². The van der Waals surface area contributed by atoms with E-state index in [1.165, 1.54) is 0 Å². The van der Waals surface area contributed by atoms with Crippen LogP contribution in [0.5, 0.6) is 0 Å². The maximum Gasteiger partial charge on any atom is 0.416 e. The van der Waals surface area contributed by atoms with Crippen LogP contribution < -0.4 is 0 Å². The van der Waals surface area contributed by atoms with Gasteiger partial charge in [-0.15, -0.1) is 24.4 Å². The molecule has 0 fully saturated rings. The minimum atomic E-state index is -4.48. The van der Waals surface area contributed by atoms with Crippen LogP contribution in [0.15, 0.2) is 69.1 Å². The third-order valence-corrected chi connectivity index (χ3v) is 4.48. The summed E-state index contributed by atoms with van der Waals surface area (Å²) >= 11 is 5.89. The minimum Gasteiger partial charge on any atom is -0.252 e. The number of halogens is 3. The van der Waals surface area contributed by atoms with Gasteiger partial charge in [-0.05, 0) is 31.2 Å². The lowest BCUT2D eigenvalue weighted by molar-refractivity contribution is -0.0882. The van der Waals surface area contributed by atoms with Crippen molar-refractivity contribution in [1.82, 2.24) is 0 Å². The lowest BCUT2D eigenvalue weighted by Crippen LogP contribution is -2.10. The highest BCUT2D eigenvalue weighted by Gasteiger charge is 2.31. The Kier molecular flexibility index (Phi) is 8.59.